The predicted octanol–water partition coefficient (Wildman–Crippen LogP) is 4.82. The van der Waals surface area contributed by atoms with Crippen LogP contribution >= 0.6 is 0 Å². The molecule has 0 spiro atoms. The number of rotatable bonds is 1. The third kappa shape index (κ3) is 2.25. The highest BCUT2D eigenvalue weighted by atomic mass is 16.5. The molecule has 0 radical (unpaired) electrons. The van der Waals surface area contributed by atoms with Crippen molar-refractivity contribution in [3.8, 4) is 11.8 Å². The van der Waals surface area contributed by atoms with Crippen molar-refractivity contribution in [1.29, 1.82) is 5.26 Å². The van der Waals surface area contributed by atoms with Crippen LogP contribution in [-0.4, -0.2) is 11.0 Å². The number of aromatic nitrogens is 1. The van der Waals surface area contributed by atoms with Crippen LogP contribution in [0.25, 0.3) is 21.8 Å². The molecule has 0 saturated carbocycles. The molecule has 1 aromatic heterocycles. The van der Waals surface area contributed by atoms with E-state index in [9.17, 15) is 10.1 Å². The molecule has 2 heterocycles. The average Bonchev–Trinajstić information content (AvgIpc) is 3.05. The Morgan fingerprint density at radius 1 is 1.04 bits per heavy atom. The van der Waals surface area contributed by atoms with Crippen molar-refractivity contribution in [3.63, 3.8) is 0 Å². The van der Waals surface area contributed by atoms with Crippen molar-refractivity contribution in [2.24, 2.45) is 5.92 Å². The molecule has 0 aliphatic carbocycles. The molecule has 3 aromatic carbocycles. The van der Waals surface area contributed by atoms with Crippen molar-refractivity contribution in [3.05, 3.63) is 77.4 Å². The molecule has 2 unspecified atom stereocenters. The maximum absolute atomic E-state index is 12.6. The molecule has 27 heavy (non-hydrogen) atoms. The van der Waals surface area contributed by atoms with Gasteiger partial charge in [-0.2, -0.15) is 5.26 Å². The number of nitriles is 1. The van der Waals surface area contributed by atoms with E-state index in [-0.39, 0.29) is 5.92 Å². The van der Waals surface area contributed by atoms with Gasteiger partial charge in [0.05, 0.1) is 11.6 Å². The molecule has 0 saturated heterocycles. The zero-order valence-corrected chi connectivity index (χ0v) is 14.7. The summed E-state index contributed by atoms with van der Waals surface area (Å²) in [4.78, 5) is 16.0. The van der Waals surface area contributed by atoms with E-state index in [1.165, 1.54) is 0 Å². The van der Waals surface area contributed by atoms with Gasteiger partial charge in [-0.3, -0.25) is 4.79 Å². The normalized spacial score (nSPS) is 18.9. The van der Waals surface area contributed by atoms with E-state index < -0.39 is 11.9 Å². The third-order valence-electron chi connectivity index (χ3n) is 5.34. The van der Waals surface area contributed by atoms with Crippen molar-refractivity contribution in [2.45, 2.75) is 12.8 Å². The zero-order valence-electron chi connectivity index (χ0n) is 14.7. The Balaban J connectivity index is 1.82. The van der Waals surface area contributed by atoms with Gasteiger partial charge in [0.1, 0.15) is 0 Å². The predicted molar refractivity (Wildman–Crippen MR) is 104 cm³/mol. The van der Waals surface area contributed by atoms with E-state index in [4.69, 9.17) is 4.74 Å². The van der Waals surface area contributed by atoms with Gasteiger partial charge in [0, 0.05) is 27.8 Å². The van der Waals surface area contributed by atoms with Crippen molar-refractivity contribution >= 4 is 27.8 Å². The number of nitrogens with zero attached hydrogens (tertiary/aromatic N) is 1. The first-order chi connectivity index (χ1) is 13.2. The minimum atomic E-state index is -0.857. The molecule has 130 valence electrons. The van der Waals surface area contributed by atoms with Crippen LogP contribution < -0.4 is 4.74 Å². The fraction of sp³-hybridized carbons (Fsp3) is 0.130. The summed E-state index contributed by atoms with van der Waals surface area (Å²) in [5.41, 5.74) is 4.77. The number of H-pyrrole nitrogens is 1. The largest absolute Gasteiger partial charge is 0.423 e. The second-order valence-corrected chi connectivity index (χ2v) is 7.00. The van der Waals surface area contributed by atoms with Crippen LogP contribution in [0.15, 0.2) is 60.7 Å². The molecule has 2 atom stereocenters. The molecular formula is C23H16N2O2. The number of fused-ring (bicyclic) bond motifs is 5. The third-order valence-corrected chi connectivity index (χ3v) is 5.34. The maximum Gasteiger partial charge on any atom is 0.329 e. The lowest BCUT2D eigenvalue weighted by Crippen LogP contribution is -2.31. The summed E-state index contributed by atoms with van der Waals surface area (Å²) in [5.74, 6) is -1.16. The minimum absolute atomic E-state index is 0.343. The fourth-order valence-electron chi connectivity index (χ4n) is 4.07. The molecule has 0 bridgehead atoms. The lowest BCUT2D eigenvalue weighted by molar-refractivity contribution is -0.138. The summed E-state index contributed by atoms with van der Waals surface area (Å²) >= 11 is 0. The monoisotopic (exact) mass is 352 g/mol. The van der Waals surface area contributed by atoms with Crippen molar-refractivity contribution < 1.29 is 9.53 Å². The molecule has 1 N–H and O–H groups in total. The van der Waals surface area contributed by atoms with E-state index in [1.807, 2.05) is 49.4 Å². The van der Waals surface area contributed by atoms with Gasteiger partial charge in [-0.15, -0.1) is 0 Å². The smallest absolute Gasteiger partial charge is 0.329 e. The Bertz CT molecular complexity index is 1250. The van der Waals surface area contributed by atoms with E-state index in [1.54, 1.807) is 0 Å². The van der Waals surface area contributed by atoms with Gasteiger partial charge in [-0.1, -0.05) is 54.6 Å². The fourth-order valence-corrected chi connectivity index (χ4v) is 4.07. The van der Waals surface area contributed by atoms with Crippen LogP contribution in [0.2, 0.25) is 0 Å². The molecule has 1 aliphatic heterocycles. The van der Waals surface area contributed by atoms with E-state index in [0.717, 1.165) is 38.5 Å². The first kappa shape index (κ1) is 15.7. The van der Waals surface area contributed by atoms with E-state index in [0.29, 0.717) is 5.75 Å². The second-order valence-electron chi connectivity index (χ2n) is 7.00. The topological polar surface area (TPSA) is 65.9 Å². The number of nitrogens with one attached hydrogen (secondary N) is 1. The Hall–Kier alpha value is -3.58. The molecule has 5 rings (SSSR count). The van der Waals surface area contributed by atoms with Crippen molar-refractivity contribution in [1.82, 2.24) is 4.98 Å². The summed E-state index contributed by atoms with van der Waals surface area (Å²) in [5, 5.41) is 11.7. The number of hydrogen-bond donors (Lipinski definition) is 1. The second kappa shape index (κ2) is 5.72. The van der Waals surface area contributed by atoms with Crippen LogP contribution in [0.4, 0.5) is 0 Å². The minimum Gasteiger partial charge on any atom is -0.423 e. The average molecular weight is 352 g/mol. The van der Waals surface area contributed by atoms with Crippen LogP contribution in [0.3, 0.4) is 0 Å². The number of aryl methyl sites for hydroxylation is 1. The lowest BCUT2D eigenvalue weighted by atomic mass is 9.79. The van der Waals surface area contributed by atoms with Crippen molar-refractivity contribution in [2.75, 3.05) is 0 Å². The van der Waals surface area contributed by atoms with Gasteiger partial charge in [0.15, 0.2) is 11.7 Å². The quantitative estimate of drug-likeness (QED) is 0.394. The van der Waals surface area contributed by atoms with Gasteiger partial charge in [0.2, 0.25) is 0 Å². The summed E-state index contributed by atoms with van der Waals surface area (Å²) < 4.78 is 5.67. The first-order valence-corrected chi connectivity index (χ1v) is 8.88. The molecule has 0 amide bonds. The Kier molecular flexibility index (Phi) is 3.32. The number of esters is 1. The molecule has 0 fully saturated rings. The molecule has 1 aliphatic rings. The van der Waals surface area contributed by atoms with Crippen LogP contribution in [-0.2, 0) is 4.79 Å². The number of aromatic amines is 1. The summed E-state index contributed by atoms with van der Waals surface area (Å²) in [6.07, 6.45) is 0. The summed E-state index contributed by atoms with van der Waals surface area (Å²) in [6.45, 7) is 2.05. The van der Waals surface area contributed by atoms with Gasteiger partial charge < -0.3 is 9.72 Å². The molecule has 4 aromatic rings. The Morgan fingerprint density at radius 2 is 1.81 bits per heavy atom. The highest BCUT2D eigenvalue weighted by molar-refractivity contribution is 6.10. The standard InChI is InChI=1S/C23H16N2O2/c1-13-7-8-15-16-9-10-17-20(14-5-3-2-4-6-14)18(12-24)23(26)27-22(17)21(16)25-19(15)11-13/h2-11,18,20,25H,1H3. The first-order valence-electron chi connectivity index (χ1n) is 8.88. The number of carbonyl (C=O) groups excluding carboxylic acids is 1. The van der Waals surface area contributed by atoms with Gasteiger partial charge in [-0.25, -0.2) is 0 Å². The molecule has 4 nitrogen and oxygen atoms in total. The Morgan fingerprint density at radius 3 is 2.59 bits per heavy atom. The highest BCUT2D eigenvalue weighted by Gasteiger charge is 2.40. The number of carbonyl (C=O) groups is 1. The highest BCUT2D eigenvalue weighted by Crippen LogP contribution is 2.46. The number of ether oxygens (including phenoxy) is 1. The number of hydrogen-bond acceptors (Lipinski definition) is 3. The van der Waals surface area contributed by atoms with Crippen LogP contribution in [0.5, 0.6) is 5.75 Å². The van der Waals surface area contributed by atoms with E-state index >= 15 is 0 Å². The lowest BCUT2D eigenvalue weighted by Gasteiger charge is -2.28. The number of benzene rings is 3. The zero-order chi connectivity index (χ0) is 18.5. The Labute approximate surface area is 156 Å². The molecular weight excluding hydrogens is 336 g/mol. The van der Waals surface area contributed by atoms with Gasteiger partial charge in [-0.05, 0) is 24.1 Å². The summed E-state index contributed by atoms with van der Waals surface area (Å²) in [6, 6.07) is 22.1. The SMILES string of the molecule is Cc1ccc2c(c1)[nH]c1c3c(ccc12)C(c1ccccc1)C(C#N)C(=O)O3. The van der Waals surface area contributed by atoms with Crippen LogP contribution in [0.1, 0.15) is 22.6 Å². The van der Waals surface area contributed by atoms with Gasteiger partial charge >= 0.3 is 5.97 Å². The molecule has 4 heteroatoms. The van der Waals surface area contributed by atoms with E-state index in [2.05, 4.69) is 29.3 Å². The van der Waals surface area contributed by atoms with Crippen LogP contribution in [0, 0.1) is 24.2 Å². The summed E-state index contributed by atoms with van der Waals surface area (Å²) in [7, 11) is 0. The maximum atomic E-state index is 12.6. The van der Waals surface area contributed by atoms with Gasteiger partial charge in [0.25, 0.3) is 0 Å².